The van der Waals surface area contributed by atoms with Crippen molar-refractivity contribution in [2.24, 2.45) is 5.73 Å². The van der Waals surface area contributed by atoms with Crippen LogP contribution in [-0.4, -0.2) is 16.9 Å². The summed E-state index contributed by atoms with van der Waals surface area (Å²) in [6.07, 6.45) is 0.337. The van der Waals surface area contributed by atoms with Crippen LogP contribution in [0.15, 0.2) is 30.3 Å². The van der Waals surface area contributed by atoms with Gasteiger partial charge in [-0.05, 0) is 5.56 Å². The third-order valence-electron chi connectivity index (χ3n) is 2.36. The van der Waals surface area contributed by atoms with Crippen molar-refractivity contribution in [3.8, 4) is 0 Å². The fourth-order valence-electron chi connectivity index (χ4n) is 1.62. The number of nitrogens with one attached hydrogen (secondary N) is 2. The van der Waals surface area contributed by atoms with Gasteiger partial charge < -0.3 is 5.73 Å². The van der Waals surface area contributed by atoms with Gasteiger partial charge in [0.15, 0.2) is 0 Å². The summed E-state index contributed by atoms with van der Waals surface area (Å²) in [5.41, 5.74) is 9.17. The molecule has 0 bridgehead atoms. The number of nitrogens with two attached hydrogens (primary N) is 1. The van der Waals surface area contributed by atoms with Crippen LogP contribution in [0.5, 0.6) is 0 Å². The number of rotatable bonds is 1. The summed E-state index contributed by atoms with van der Waals surface area (Å²) in [4.78, 5) is 11.4. The zero-order chi connectivity index (χ0) is 10.8. The second-order valence-corrected chi connectivity index (χ2v) is 3.41. The van der Waals surface area contributed by atoms with Crippen molar-refractivity contribution in [3.05, 3.63) is 35.9 Å². The van der Waals surface area contributed by atoms with Gasteiger partial charge >= 0.3 is 0 Å². The highest BCUT2D eigenvalue weighted by Crippen LogP contribution is 2.22. The quantitative estimate of drug-likeness (QED) is 0.456. The van der Waals surface area contributed by atoms with E-state index in [0.29, 0.717) is 6.42 Å². The van der Waals surface area contributed by atoms with Crippen molar-refractivity contribution in [3.63, 3.8) is 0 Å². The Morgan fingerprint density at radius 1 is 1.47 bits per heavy atom. The molecule has 0 radical (unpaired) electrons. The number of hydrogen-bond donors (Lipinski definition) is 3. The van der Waals surface area contributed by atoms with Gasteiger partial charge in [-0.3, -0.25) is 10.2 Å². The standard InChI is InChI=1S/C10H12N4O/c11-10(12)14-9(15)6-8(13-14)7-4-2-1-3-5-7/h1-5,8,13H,6H2,(H3,11,12). The van der Waals surface area contributed by atoms with Crippen LogP contribution < -0.4 is 11.2 Å². The van der Waals surface area contributed by atoms with Gasteiger partial charge in [-0.25, -0.2) is 10.4 Å². The first-order valence-corrected chi connectivity index (χ1v) is 4.66. The first kappa shape index (κ1) is 9.67. The summed E-state index contributed by atoms with van der Waals surface area (Å²) in [6, 6.07) is 9.55. The maximum atomic E-state index is 11.4. The Bertz CT molecular complexity index is 390. The van der Waals surface area contributed by atoms with Gasteiger partial charge in [-0.2, -0.15) is 0 Å². The Morgan fingerprint density at radius 2 is 2.13 bits per heavy atom. The highest BCUT2D eigenvalue weighted by atomic mass is 16.2. The molecule has 15 heavy (non-hydrogen) atoms. The normalized spacial score (nSPS) is 20.7. The fourth-order valence-corrected chi connectivity index (χ4v) is 1.62. The third kappa shape index (κ3) is 1.82. The molecule has 1 aromatic carbocycles. The van der Waals surface area contributed by atoms with E-state index in [4.69, 9.17) is 11.1 Å². The SMILES string of the molecule is N=C(N)N1NC(c2ccccc2)CC1=O. The molecule has 1 saturated heterocycles. The number of carbonyl (C=O) groups excluding carboxylic acids is 1. The molecule has 78 valence electrons. The Kier molecular flexibility index (Phi) is 2.39. The molecule has 0 aromatic heterocycles. The molecule has 0 spiro atoms. The zero-order valence-electron chi connectivity index (χ0n) is 8.10. The van der Waals surface area contributed by atoms with E-state index in [9.17, 15) is 4.79 Å². The number of hydrazine groups is 1. The Balaban J connectivity index is 2.16. The van der Waals surface area contributed by atoms with E-state index in [2.05, 4.69) is 5.43 Å². The van der Waals surface area contributed by atoms with Crippen molar-refractivity contribution in [1.82, 2.24) is 10.4 Å². The molecule has 0 saturated carbocycles. The average molecular weight is 204 g/mol. The van der Waals surface area contributed by atoms with Crippen LogP contribution >= 0.6 is 0 Å². The lowest BCUT2D eigenvalue weighted by molar-refractivity contribution is -0.125. The van der Waals surface area contributed by atoms with E-state index in [1.54, 1.807) is 0 Å². The van der Waals surface area contributed by atoms with E-state index < -0.39 is 0 Å². The summed E-state index contributed by atoms with van der Waals surface area (Å²) in [5, 5.41) is 8.28. The lowest BCUT2D eigenvalue weighted by atomic mass is 10.1. The summed E-state index contributed by atoms with van der Waals surface area (Å²) in [6.45, 7) is 0. The molecule has 2 rings (SSSR count). The number of guanidine groups is 1. The molecular formula is C10H12N4O. The molecule has 5 heteroatoms. The molecule has 1 fully saturated rings. The topological polar surface area (TPSA) is 82.2 Å². The molecular weight excluding hydrogens is 192 g/mol. The number of amides is 1. The van der Waals surface area contributed by atoms with Crippen LogP contribution in [0.2, 0.25) is 0 Å². The highest BCUT2D eigenvalue weighted by Gasteiger charge is 2.31. The van der Waals surface area contributed by atoms with Crippen molar-refractivity contribution in [1.29, 1.82) is 5.41 Å². The predicted molar refractivity (Wildman–Crippen MR) is 55.7 cm³/mol. The van der Waals surface area contributed by atoms with Gasteiger partial charge in [0.1, 0.15) is 0 Å². The summed E-state index contributed by atoms with van der Waals surface area (Å²) >= 11 is 0. The molecule has 1 heterocycles. The van der Waals surface area contributed by atoms with Crippen LogP contribution in [0.1, 0.15) is 18.0 Å². The number of carbonyl (C=O) groups is 1. The smallest absolute Gasteiger partial charge is 0.245 e. The van der Waals surface area contributed by atoms with Gasteiger partial charge in [0.05, 0.1) is 6.04 Å². The van der Waals surface area contributed by atoms with Crippen molar-refractivity contribution < 1.29 is 4.79 Å². The lowest BCUT2D eigenvalue weighted by Gasteiger charge is -2.15. The lowest BCUT2D eigenvalue weighted by Crippen LogP contribution is -2.44. The maximum absolute atomic E-state index is 11.4. The molecule has 1 atom stereocenters. The van der Waals surface area contributed by atoms with Crippen LogP contribution in [0.4, 0.5) is 0 Å². The van der Waals surface area contributed by atoms with E-state index in [1.807, 2.05) is 30.3 Å². The van der Waals surface area contributed by atoms with Crippen LogP contribution in [0, 0.1) is 5.41 Å². The van der Waals surface area contributed by atoms with Crippen LogP contribution in [0.25, 0.3) is 0 Å². The minimum atomic E-state index is -0.265. The molecule has 5 nitrogen and oxygen atoms in total. The second-order valence-electron chi connectivity index (χ2n) is 3.41. The summed E-state index contributed by atoms with van der Waals surface area (Å²) < 4.78 is 0. The minimum absolute atomic E-state index is 0.0809. The predicted octanol–water partition coefficient (Wildman–Crippen LogP) is 0.358. The minimum Gasteiger partial charge on any atom is -0.369 e. The van der Waals surface area contributed by atoms with Crippen molar-refractivity contribution in [2.45, 2.75) is 12.5 Å². The van der Waals surface area contributed by atoms with Gasteiger partial charge in [-0.1, -0.05) is 30.3 Å². The van der Waals surface area contributed by atoms with Crippen molar-refractivity contribution >= 4 is 11.9 Å². The van der Waals surface area contributed by atoms with Gasteiger partial charge in [-0.15, -0.1) is 0 Å². The van der Waals surface area contributed by atoms with E-state index in [1.165, 1.54) is 0 Å². The Morgan fingerprint density at radius 3 is 2.67 bits per heavy atom. The second kappa shape index (κ2) is 3.70. The fraction of sp³-hybridized carbons (Fsp3) is 0.200. The Labute approximate surface area is 87.4 Å². The first-order chi connectivity index (χ1) is 7.18. The zero-order valence-corrected chi connectivity index (χ0v) is 8.10. The van der Waals surface area contributed by atoms with Gasteiger partial charge in [0, 0.05) is 6.42 Å². The first-order valence-electron chi connectivity index (χ1n) is 4.66. The molecule has 1 amide bonds. The molecule has 4 N–H and O–H groups in total. The molecule has 1 aromatic rings. The van der Waals surface area contributed by atoms with Crippen molar-refractivity contribution in [2.75, 3.05) is 0 Å². The summed E-state index contributed by atoms with van der Waals surface area (Å²) in [7, 11) is 0. The molecule has 0 aliphatic carbocycles. The monoisotopic (exact) mass is 204 g/mol. The van der Waals surface area contributed by atoms with E-state index in [0.717, 1.165) is 10.6 Å². The van der Waals surface area contributed by atoms with E-state index in [-0.39, 0.29) is 17.9 Å². The third-order valence-corrected chi connectivity index (χ3v) is 2.36. The van der Waals surface area contributed by atoms with Gasteiger partial charge in [0.2, 0.25) is 11.9 Å². The van der Waals surface area contributed by atoms with E-state index >= 15 is 0 Å². The largest absolute Gasteiger partial charge is 0.369 e. The van der Waals surface area contributed by atoms with Gasteiger partial charge in [0.25, 0.3) is 0 Å². The number of hydrogen-bond acceptors (Lipinski definition) is 3. The molecule has 1 aliphatic rings. The number of nitrogens with zero attached hydrogens (tertiary/aromatic N) is 1. The Hall–Kier alpha value is -1.88. The van der Waals surface area contributed by atoms with Crippen LogP contribution in [0.3, 0.4) is 0 Å². The maximum Gasteiger partial charge on any atom is 0.245 e. The summed E-state index contributed by atoms with van der Waals surface area (Å²) in [5.74, 6) is -0.435. The highest BCUT2D eigenvalue weighted by molar-refractivity contribution is 5.95. The molecule has 1 aliphatic heterocycles. The molecule has 1 unspecified atom stereocenters. The average Bonchev–Trinajstić information content (AvgIpc) is 2.62. The van der Waals surface area contributed by atoms with Crippen LogP contribution in [-0.2, 0) is 4.79 Å². The number of benzene rings is 1.